The topological polar surface area (TPSA) is 64.1 Å². The van der Waals surface area contributed by atoms with E-state index in [2.05, 4.69) is 21.7 Å². The molecular formula is C17H29N3O3. The third kappa shape index (κ3) is 9.05. The van der Waals surface area contributed by atoms with Gasteiger partial charge in [-0.05, 0) is 31.0 Å². The molecule has 1 aromatic rings. The van der Waals surface area contributed by atoms with Crippen LogP contribution in [0.2, 0.25) is 0 Å². The SMILES string of the molecule is CCOc1cccc(CNC(=NC)NCCCOCCOC)c1. The van der Waals surface area contributed by atoms with Crippen LogP contribution in [0.4, 0.5) is 0 Å². The monoisotopic (exact) mass is 323 g/mol. The average Bonchev–Trinajstić information content (AvgIpc) is 2.57. The molecule has 6 heteroatoms. The maximum absolute atomic E-state index is 5.50. The van der Waals surface area contributed by atoms with Crippen molar-refractivity contribution in [3.8, 4) is 5.75 Å². The molecule has 0 spiro atoms. The summed E-state index contributed by atoms with van der Waals surface area (Å²) in [6, 6.07) is 8.05. The summed E-state index contributed by atoms with van der Waals surface area (Å²) in [6.07, 6.45) is 0.921. The normalized spacial score (nSPS) is 11.3. The molecule has 0 amide bonds. The van der Waals surface area contributed by atoms with Crippen LogP contribution in [0.25, 0.3) is 0 Å². The first-order valence-corrected chi connectivity index (χ1v) is 8.03. The molecule has 0 aliphatic rings. The van der Waals surface area contributed by atoms with Gasteiger partial charge in [-0.15, -0.1) is 0 Å². The van der Waals surface area contributed by atoms with E-state index in [4.69, 9.17) is 14.2 Å². The van der Waals surface area contributed by atoms with Gasteiger partial charge in [-0.1, -0.05) is 12.1 Å². The van der Waals surface area contributed by atoms with Crippen LogP contribution in [-0.4, -0.2) is 53.1 Å². The molecule has 1 rings (SSSR count). The van der Waals surface area contributed by atoms with Crippen molar-refractivity contribution in [2.75, 3.05) is 47.1 Å². The van der Waals surface area contributed by atoms with E-state index in [0.717, 1.165) is 30.2 Å². The lowest BCUT2D eigenvalue weighted by Gasteiger charge is -2.12. The summed E-state index contributed by atoms with van der Waals surface area (Å²) in [6.45, 7) is 6.15. The Kier molecular flexibility index (Phi) is 10.7. The molecule has 23 heavy (non-hydrogen) atoms. The number of methoxy groups -OCH3 is 1. The van der Waals surface area contributed by atoms with Gasteiger partial charge in [-0.2, -0.15) is 0 Å². The summed E-state index contributed by atoms with van der Waals surface area (Å²) in [5.74, 6) is 1.67. The van der Waals surface area contributed by atoms with E-state index in [1.807, 2.05) is 25.1 Å². The number of aliphatic imine (C=N–C) groups is 1. The highest BCUT2D eigenvalue weighted by atomic mass is 16.5. The van der Waals surface area contributed by atoms with Crippen LogP contribution >= 0.6 is 0 Å². The second-order valence-electron chi connectivity index (χ2n) is 4.89. The van der Waals surface area contributed by atoms with Crippen LogP contribution in [0, 0.1) is 0 Å². The first-order chi connectivity index (χ1) is 11.3. The Bertz CT molecular complexity index is 452. The lowest BCUT2D eigenvalue weighted by atomic mass is 10.2. The van der Waals surface area contributed by atoms with E-state index in [9.17, 15) is 0 Å². The molecule has 0 fully saturated rings. The Morgan fingerprint density at radius 1 is 1.17 bits per heavy atom. The highest BCUT2D eigenvalue weighted by Gasteiger charge is 2.00. The van der Waals surface area contributed by atoms with Gasteiger partial charge < -0.3 is 24.8 Å². The van der Waals surface area contributed by atoms with E-state index >= 15 is 0 Å². The van der Waals surface area contributed by atoms with Gasteiger partial charge in [0.2, 0.25) is 0 Å². The zero-order valence-electron chi connectivity index (χ0n) is 14.4. The standard InChI is InChI=1S/C17H29N3O3/c1-4-23-16-8-5-7-15(13-16)14-20-17(18-2)19-9-6-10-22-12-11-21-3/h5,7-8,13H,4,6,9-12,14H2,1-3H3,(H2,18,19,20). The molecule has 0 aliphatic heterocycles. The van der Waals surface area contributed by atoms with Crippen molar-refractivity contribution in [1.82, 2.24) is 10.6 Å². The molecule has 0 unspecified atom stereocenters. The maximum Gasteiger partial charge on any atom is 0.191 e. The molecule has 0 radical (unpaired) electrons. The molecule has 2 N–H and O–H groups in total. The van der Waals surface area contributed by atoms with Crippen molar-refractivity contribution in [2.45, 2.75) is 19.9 Å². The number of guanidine groups is 1. The Balaban J connectivity index is 2.22. The van der Waals surface area contributed by atoms with Gasteiger partial charge in [0.05, 0.1) is 19.8 Å². The highest BCUT2D eigenvalue weighted by molar-refractivity contribution is 5.79. The Morgan fingerprint density at radius 3 is 2.78 bits per heavy atom. The van der Waals surface area contributed by atoms with Crippen molar-refractivity contribution in [1.29, 1.82) is 0 Å². The zero-order chi connectivity index (χ0) is 16.8. The predicted molar refractivity (Wildman–Crippen MR) is 93.1 cm³/mol. The van der Waals surface area contributed by atoms with Crippen LogP contribution in [0.5, 0.6) is 5.75 Å². The van der Waals surface area contributed by atoms with Crippen LogP contribution in [-0.2, 0) is 16.0 Å². The van der Waals surface area contributed by atoms with E-state index in [1.165, 1.54) is 0 Å². The molecule has 0 heterocycles. The van der Waals surface area contributed by atoms with Gasteiger partial charge >= 0.3 is 0 Å². The second kappa shape index (κ2) is 12.7. The second-order valence-corrected chi connectivity index (χ2v) is 4.89. The minimum atomic E-state index is 0.636. The quantitative estimate of drug-likeness (QED) is 0.369. The van der Waals surface area contributed by atoms with Crippen LogP contribution in [0.3, 0.4) is 0 Å². The van der Waals surface area contributed by atoms with Gasteiger partial charge in [0.1, 0.15) is 5.75 Å². The minimum Gasteiger partial charge on any atom is -0.494 e. The zero-order valence-corrected chi connectivity index (χ0v) is 14.4. The number of nitrogens with one attached hydrogen (secondary N) is 2. The van der Waals surface area contributed by atoms with Crippen LogP contribution in [0.15, 0.2) is 29.3 Å². The fourth-order valence-corrected chi connectivity index (χ4v) is 1.94. The van der Waals surface area contributed by atoms with Gasteiger partial charge in [0, 0.05) is 33.9 Å². The summed E-state index contributed by atoms with van der Waals surface area (Å²) in [7, 11) is 3.44. The number of nitrogens with zero attached hydrogens (tertiary/aromatic N) is 1. The van der Waals surface area contributed by atoms with E-state index in [-0.39, 0.29) is 0 Å². The van der Waals surface area contributed by atoms with Crippen molar-refractivity contribution in [2.24, 2.45) is 4.99 Å². The number of hydrogen-bond donors (Lipinski definition) is 2. The summed E-state index contributed by atoms with van der Waals surface area (Å²) < 4.78 is 15.8. The molecule has 130 valence electrons. The fourth-order valence-electron chi connectivity index (χ4n) is 1.94. The molecule has 1 aromatic carbocycles. The van der Waals surface area contributed by atoms with Crippen LogP contribution in [0.1, 0.15) is 18.9 Å². The van der Waals surface area contributed by atoms with Crippen molar-refractivity contribution < 1.29 is 14.2 Å². The van der Waals surface area contributed by atoms with Gasteiger partial charge in [-0.25, -0.2) is 0 Å². The summed E-state index contributed by atoms with van der Waals surface area (Å²) in [5.41, 5.74) is 1.15. The first-order valence-electron chi connectivity index (χ1n) is 8.03. The smallest absolute Gasteiger partial charge is 0.191 e. The number of rotatable bonds is 11. The molecule has 0 aliphatic carbocycles. The Labute approximate surface area is 139 Å². The molecule has 0 atom stereocenters. The van der Waals surface area contributed by atoms with E-state index in [0.29, 0.717) is 33.0 Å². The lowest BCUT2D eigenvalue weighted by molar-refractivity contribution is 0.0698. The highest BCUT2D eigenvalue weighted by Crippen LogP contribution is 2.12. The van der Waals surface area contributed by atoms with Crippen LogP contribution < -0.4 is 15.4 Å². The van der Waals surface area contributed by atoms with E-state index < -0.39 is 0 Å². The number of benzene rings is 1. The third-order valence-electron chi connectivity index (χ3n) is 3.08. The average molecular weight is 323 g/mol. The van der Waals surface area contributed by atoms with Gasteiger partial charge in [0.15, 0.2) is 5.96 Å². The van der Waals surface area contributed by atoms with Crippen molar-refractivity contribution in [3.63, 3.8) is 0 Å². The number of hydrogen-bond acceptors (Lipinski definition) is 4. The lowest BCUT2D eigenvalue weighted by Crippen LogP contribution is -2.37. The van der Waals surface area contributed by atoms with Crippen molar-refractivity contribution >= 4 is 5.96 Å². The Morgan fingerprint density at radius 2 is 2.04 bits per heavy atom. The van der Waals surface area contributed by atoms with E-state index in [1.54, 1.807) is 14.2 Å². The first kappa shape index (κ1) is 19.3. The molecule has 6 nitrogen and oxygen atoms in total. The summed E-state index contributed by atoms with van der Waals surface area (Å²) >= 11 is 0. The van der Waals surface area contributed by atoms with Gasteiger partial charge in [-0.3, -0.25) is 4.99 Å². The molecular weight excluding hydrogens is 294 g/mol. The fraction of sp³-hybridized carbons (Fsp3) is 0.588. The summed E-state index contributed by atoms with van der Waals surface area (Å²) in [5, 5.41) is 6.56. The van der Waals surface area contributed by atoms with Gasteiger partial charge in [0.25, 0.3) is 0 Å². The Hall–Kier alpha value is -1.79. The molecule has 0 bridgehead atoms. The molecule has 0 saturated carbocycles. The third-order valence-corrected chi connectivity index (χ3v) is 3.08. The summed E-state index contributed by atoms with van der Waals surface area (Å²) in [4.78, 5) is 4.21. The number of ether oxygens (including phenoxy) is 3. The maximum atomic E-state index is 5.50. The van der Waals surface area contributed by atoms with Crippen molar-refractivity contribution in [3.05, 3.63) is 29.8 Å². The minimum absolute atomic E-state index is 0.636. The largest absolute Gasteiger partial charge is 0.494 e. The molecule has 0 saturated heterocycles. The predicted octanol–water partition coefficient (Wildman–Crippen LogP) is 1.80. The molecule has 0 aromatic heterocycles.